The van der Waals surface area contributed by atoms with Crippen molar-refractivity contribution in [3.05, 3.63) is 65.7 Å². The fourth-order valence-electron chi connectivity index (χ4n) is 3.38. The standard InChI is InChI=1S/C20H21NO4/c1-25-16-9-7-15(8-10-16)19-17(20(23)24)13-18(22)21(19)12-11-14-5-3-2-4-6-14/h2-10,17,19H,11-13H2,1H3,(H,23,24)/t17-,19-/m0/s1. The summed E-state index contributed by atoms with van der Waals surface area (Å²) in [5, 5.41) is 9.56. The molecule has 0 aliphatic carbocycles. The van der Waals surface area contributed by atoms with Crippen LogP contribution in [0.2, 0.25) is 0 Å². The number of rotatable bonds is 6. The second-order valence-corrected chi connectivity index (χ2v) is 6.19. The lowest BCUT2D eigenvalue weighted by Gasteiger charge is -2.27. The number of aliphatic carboxylic acids is 1. The van der Waals surface area contributed by atoms with Gasteiger partial charge in [0, 0.05) is 13.0 Å². The molecule has 1 aliphatic heterocycles. The van der Waals surface area contributed by atoms with Gasteiger partial charge in [-0.25, -0.2) is 0 Å². The molecule has 1 heterocycles. The molecular weight excluding hydrogens is 318 g/mol. The van der Waals surface area contributed by atoms with E-state index in [1.165, 1.54) is 0 Å². The first kappa shape index (κ1) is 17.0. The Morgan fingerprint density at radius 3 is 2.44 bits per heavy atom. The van der Waals surface area contributed by atoms with Crippen molar-refractivity contribution in [3.63, 3.8) is 0 Å². The van der Waals surface area contributed by atoms with Gasteiger partial charge in [-0.2, -0.15) is 0 Å². The van der Waals surface area contributed by atoms with E-state index in [0.29, 0.717) is 18.7 Å². The highest BCUT2D eigenvalue weighted by Gasteiger charge is 2.44. The van der Waals surface area contributed by atoms with Crippen LogP contribution in [0, 0.1) is 5.92 Å². The number of carboxylic acid groups (broad SMARTS) is 1. The monoisotopic (exact) mass is 339 g/mol. The van der Waals surface area contributed by atoms with Crippen molar-refractivity contribution in [2.45, 2.75) is 18.9 Å². The number of ether oxygens (including phenoxy) is 1. The summed E-state index contributed by atoms with van der Waals surface area (Å²) in [5.41, 5.74) is 1.95. The third-order valence-electron chi connectivity index (χ3n) is 4.69. The summed E-state index contributed by atoms with van der Waals surface area (Å²) in [7, 11) is 1.58. The molecule has 25 heavy (non-hydrogen) atoms. The van der Waals surface area contributed by atoms with Crippen molar-refractivity contribution in [3.8, 4) is 5.75 Å². The zero-order valence-electron chi connectivity index (χ0n) is 14.1. The minimum absolute atomic E-state index is 0.0425. The minimum atomic E-state index is -0.934. The van der Waals surface area contributed by atoms with Gasteiger partial charge < -0.3 is 14.7 Å². The van der Waals surface area contributed by atoms with Crippen molar-refractivity contribution < 1.29 is 19.4 Å². The van der Waals surface area contributed by atoms with E-state index in [0.717, 1.165) is 11.1 Å². The summed E-state index contributed by atoms with van der Waals surface area (Å²) >= 11 is 0. The molecule has 0 spiro atoms. The molecule has 0 bridgehead atoms. The van der Waals surface area contributed by atoms with E-state index in [1.54, 1.807) is 24.1 Å². The topological polar surface area (TPSA) is 66.8 Å². The van der Waals surface area contributed by atoms with Gasteiger partial charge in [-0.1, -0.05) is 42.5 Å². The van der Waals surface area contributed by atoms with E-state index in [4.69, 9.17) is 4.74 Å². The van der Waals surface area contributed by atoms with E-state index >= 15 is 0 Å². The molecule has 0 saturated carbocycles. The molecular formula is C20H21NO4. The first-order chi connectivity index (χ1) is 12.1. The molecule has 1 N–H and O–H groups in total. The van der Waals surface area contributed by atoms with Gasteiger partial charge in [0.1, 0.15) is 5.75 Å². The van der Waals surface area contributed by atoms with E-state index in [1.807, 2.05) is 42.5 Å². The maximum Gasteiger partial charge on any atom is 0.309 e. The molecule has 130 valence electrons. The van der Waals surface area contributed by atoms with E-state index in [2.05, 4.69) is 0 Å². The number of amides is 1. The highest BCUT2D eigenvalue weighted by molar-refractivity contribution is 5.87. The molecule has 2 aromatic rings. The molecule has 1 fully saturated rings. The van der Waals surface area contributed by atoms with Gasteiger partial charge in [-0.3, -0.25) is 9.59 Å². The van der Waals surface area contributed by atoms with Crippen LogP contribution in [0.25, 0.3) is 0 Å². The lowest BCUT2D eigenvalue weighted by molar-refractivity contribution is -0.142. The first-order valence-electron chi connectivity index (χ1n) is 8.30. The summed E-state index contributed by atoms with van der Waals surface area (Å²) in [4.78, 5) is 25.8. The van der Waals surface area contributed by atoms with Crippen molar-refractivity contribution >= 4 is 11.9 Å². The maximum atomic E-state index is 12.5. The Balaban J connectivity index is 1.84. The van der Waals surface area contributed by atoms with Crippen LogP contribution in [0.4, 0.5) is 0 Å². The van der Waals surface area contributed by atoms with E-state index in [-0.39, 0.29) is 12.3 Å². The van der Waals surface area contributed by atoms with Crippen LogP contribution in [0.3, 0.4) is 0 Å². The second-order valence-electron chi connectivity index (χ2n) is 6.19. The predicted molar refractivity (Wildman–Crippen MR) is 93.3 cm³/mol. The average Bonchev–Trinajstić information content (AvgIpc) is 2.97. The minimum Gasteiger partial charge on any atom is -0.497 e. The average molecular weight is 339 g/mol. The maximum absolute atomic E-state index is 12.5. The third-order valence-corrected chi connectivity index (χ3v) is 4.69. The summed E-state index contributed by atoms with van der Waals surface area (Å²) in [6, 6.07) is 16.7. The molecule has 1 saturated heterocycles. The molecule has 2 atom stereocenters. The molecule has 0 aromatic heterocycles. The normalized spacial score (nSPS) is 19.9. The van der Waals surface area contributed by atoms with Crippen LogP contribution in [0.15, 0.2) is 54.6 Å². The van der Waals surface area contributed by atoms with Crippen LogP contribution in [0.5, 0.6) is 5.75 Å². The van der Waals surface area contributed by atoms with Gasteiger partial charge in [-0.15, -0.1) is 0 Å². The van der Waals surface area contributed by atoms with Crippen molar-refractivity contribution in [1.29, 1.82) is 0 Å². The fourth-order valence-corrected chi connectivity index (χ4v) is 3.38. The first-order valence-corrected chi connectivity index (χ1v) is 8.30. The predicted octanol–water partition coefficient (Wildman–Crippen LogP) is 2.91. The van der Waals surface area contributed by atoms with Gasteiger partial charge in [-0.05, 0) is 29.7 Å². The van der Waals surface area contributed by atoms with Gasteiger partial charge in [0.05, 0.1) is 19.1 Å². The van der Waals surface area contributed by atoms with Crippen molar-refractivity contribution in [1.82, 2.24) is 4.90 Å². The number of carbonyl (C=O) groups excluding carboxylic acids is 1. The fraction of sp³-hybridized carbons (Fsp3) is 0.300. The van der Waals surface area contributed by atoms with Gasteiger partial charge >= 0.3 is 5.97 Å². The van der Waals surface area contributed by atoms with Crippen LogP contribution in [-0.2, 0) is 16.0 Å². The number of benzene rings is 2. The summed E-state index contributed by atoms with van der Waals surface area (Å²) in [6.45, 7) is 0.503. The third kappa shape index (κ3) is 3.65. The number of hydrogen-bond donors (Lipinski definition) is 1. The molecule has 0 radical (unpaired) electrons. The lowest BCUT2D eigenvalue weighted by atomic mass is 9.93. The summed E-state index contributed by atoms with van der Waals surface area (Å²) in [5.74, 6) is -1.06. The zero-order valence-corrected chi connectivity index (χ0v) is 14.1. The summed E-state index contributed by atoms with van der Waals surface area (Å²) < 4.78 is 5.16. The Kier molecular flexibility index (Phi) is 5.03. The molecule has 5 nitrogen and oxygen atoms in total. The Bertz CT molecular complexity index is 742. The zero-order chi connectivity index (χ0) is 17.8. The lowest BCUT2D eigenvalue weighted by Crippen LogP contribution is -2.32. The van der Waals surface area contributed by atoms with Gasteiger partial charge in [0.25, 0.3) is 0 Å². The number of carbonyl (C=O) groups is 2. The Morgan fingerprint density at radius 1 is 1.16 bits per heavy atom. The van der Waals surface area contributed by atoms with Gasteiger partial charge in [0.2, 0.25) is 5.91 Å². The molecule has 1 aliphatic rings. The number of methoxy groups -OCH3 is 1. The number of carboxylic acids is 1. The largest absolute Gasteiger partial charge is 0.497 e. The Hall–Kier alpha value is -2.82. The van der Waals surface area contributed by atoms with Gasteiger partial charge in [0.15, 0.2) is 0 Å². The van der Waals surface area contributed by atoms with Crippen LogP contribution in [0.1, 0.15) is 23.6 Å². The molecule has 1 amide bonds. The van der Waals surface area contributed by atoms with Crippen molar-refractivity contribution in [2.24, 2.45) is 5.92 Å². The number of hydrogen-bond acceptors (Lipinski definition) is 3. The van der Waals surface area contributed by atoms with E-state index in [9.17, 15) is 14.7 Å². The SMILES string of the molecule is COc1ccc([C@H]2[C@@H](C(=O)O)CC(=O)N2CCc2ccccc2)cc1. The number of likely N-dealkylation sites (tertiary alicyclic amines) is 1. The van der Waals surface area contributed by atoms with E-state index < -0.39 is 17.9 Å². The highest BCUT2D eigenvalue weighted by atomic mass is 16.5. The number of nitrogens with zero attached hydrogens (tertiary/aromatic N) is 1. The highest BCUT2D eigenvalue weighted by Crippen LogP contribution is 2.38. The van der Waals surface area contributed by atoms with Crippen LogP contribution < -0.4 is 4.74 Å². The second kappa shape index (κ2) is 7.38. The smallest absolute Gasteiger partial charge is 0.309 e. The Morgan fingerprint density at radius 2 is 1.84 bits per heavy atom. The summed E-state index contributed by atoms with van der Waals surface area (Å²) in [6.07, 6.45) is 0.742. The molecule has 3 rings (SSSR count). The Labute approximate surface area is 146 Å². The van der Waals surface area contributed by atoms with Crippen LogP contribution in [-0.4, -0.2) is 35.5 Å². The van der Waals surface area contributed by atoms with Crippen molar-refractivity contribution in [2.75, 3.05) is 13.7 Å². The molecule has 2 aromatic carbocycles. The quantitative estimate of drug-likeness (QED) is 0.879. The molecule has 0 unspecified atom stereocenters. The molecule has 5 heteroatoms. The van der Waals surface area contributed by atoms with Crippen LogP contribution >= 0.6 is 0 Å².